The van der Waals surface area contributed by atoms with E-state index in [0.29, 0.717) is 0 Å². The predicted octanol–water partition coefficient (Wildman–Crippen LogP) is 5.54. The Morgan fingerprint density at radius 1 is 1.28 bits per heavy atom. The van der Waals surface area contributed by atoms with Crippen LogP contribution in [0.2, 0.25) is 0 Å². The number of rotatable bonds is 8. The maximum atomic E-state index is 6.02. The van der Waals surface area contributed by atoms with Crippen molar-refractivity contribution in [2.24, 2.45) is 5.41 Å². The molecule has 0 bridgehead atoms. The van der Waals surface area contributed by atoms with Crippen molar-refractivity contribution < 1.29 is 4.74 Å². The third kappa shape index (κ3) is 4.45. The van der Waals surface area contributed by atoms with Gasteiger partial charge in [-0.15, -0.1) is 11.3 Å². The zero-order valence-corrected chi connectivity index (χ0v) is 19.4. The quantitative estimate of drug-likeness (QED) is 0.569. The first kappa shape index (κ1) is 21.0. The number of thiophene rings is 1. The number of aromatic nitrogens is 1. The minimum absolute atomic E-state index is 0.00122. The molecule has 1 aliphatic heterocycles. The fourth-order valence-electron chi connectivity index (χ4n) is 5.04. The van der Waals surface area contributed by atoms with E-state index in [1.54, 1.807) is 15.3 Å². The molecule has 0 aromatic carbocycles. The SMILES string of the molecule is CCOC[C@]1(CCc2cc3c(s2)CCC3)CCN(C(C)(C)c2ccc(C)nc2)C1. The minimum atomic E-state index is -0.00122. The van der Waals surface area contributed by atoms with Crippen molar-refractivity contribution in [2.75, 3.05) is 26.3 Å². The molecule has 158 valence electrons. The lowest BCUT2D eigenvalue weighted by Gasteiger charge is -2.38. The first-order valence-electron chi connectivity index (χ1n) is 11.3. The molecule has 3 heterocycles. The highest BCUT2D eigenvalue weighted by Crippen LogP contribution is 2.42. The zero-order valence-electron chi connectivity index (χ0n) is 18.6. The molecular weight excluding hydrogens is 376 g/mol. The minimum Gasteiger partial charge on any atom is -0.381 e. The summed E-state index contributed by atoms with van der Waals surface area (Å²) in [7, 11) is 0. The van der Waals surface area contributed by atoms with Crippen molar-refractivity contribution in [1.29, 1.82) is 0 Å². The molecule has 2 aromatic rings. The molecule has 3 nitrogen and oxygen atoms in total. The van der Waals surface area contributed by atoms with Crippen molar-refractivity contribution in [1.82, 2.24) is 9.88 Å². The Labute approximate surface area is 180 Å². The first-order valence-corrected chi connectivity index (χ1v) is 12.1. The van der Waals surface area contributed by atoms with Crippen molar-refractivity contribution >= 4 is 11.3 Å². The summed E-state index contributed by atoms with van der Waals surface area (Å²) < 4.78 is 6.02. The topological polar surface area (TPSA) is 25.4 Å². The average Bonchev–Trinajstić information content (AvgIpc) is 3.40. The highest BCUT2D eigenvalue weighted by Gasteiger charge is 2.43. The Morgan fingerprint density at radius 2 is 2.14 bits per heavy atom. The van der Waals surface area contributed by atoms with Gasteiger partial charge in [0.1, 0.15) is 0 Å². The van der Waals surface area contributed by atoms with E-state index in [4.69, 9.17) is 4.74 Å². The number of nitrogens with zero attached hydrogens (tertiary/aromatic N) is 2. The number of hydrogen-bond donors (Lipinski definition) is 0. The molecule has 1 atom stereocenters. The lowest BCUT2D eigenvalue weighted by atomic mass is 9.82. The standard InChI is InChI=1S/C25H36N2OS/c1-5-28-18-25(12-11-22-15-20-7-6-8-23(20)29-22)13-14-27(17-25)24(3,4)21-10-9-19(2)26-16-21/h9-10,15-16H,5-8,11-14,17-18H2,1-4H3/t25-/m1/s1. The predicted molar refractivity (Wildman–Crippen MR) is 122 cm³/mol. The van der Waals surface area contributed by atoms with Crippen LogP contribution in [0.1, 0.15) is 66.6 Å². The van der Waals surface area contributed by atoms with Crippen LogP contribution in [-0.4, -0.2) is 36.2 Å². The molecule has 0 unspecified atom stereocenters. The van der Waals surface area contributed by atoms with Crippen molar-refractivity contribution in [2.45, 2.75) is 71.8 Å². The van der Waals surface area contributed by atoms with Gasteiger partial charge in [0.15, 0.2) is 0 Å². The van der Waals surface area contributed by atoms with Crippen LogP contribution in [0.25, 0.3) is 0 Å². The van der Waals surface area contributed by atoms with Gasteiger partial charge in [-0.05, 0) is 96.0 Å². The molecule has 1 saturated heterocycles. The molecule has 0 N–H and O–H groups in total. The second-order valence-corrected chi connectivity index (χ2v) is 10.8. The van der Waals surface area contributed by atoms with E-state index in [1.807, 2.05) is 0 Å². The van der Waals surface area contributed by atoms with E-state index < -0.39 is 0 Å². The van der Waals surface area contributed by atoms with Crippen LogP contribution in [0.3, 0.4) is 0 Å². The van der Waals surface area contributed by atoms with Crippen LogP contribution in [0.4, 0.5) is 0 Å². The summed E-state index contributed by atoms with van der Waals surface area (Å²) >= 11 is 2.07. The van der Waals surface area contributed by atoms with Crippen molar-refractivity contribution in [3.05, 3.63) is 51.0 Å². The van der Waals surface area contributed by atoms with Crippen molar-refractivity contribution in [3.8, 4) is 0 Å². The number of fused-ring (bicyclic) bond motifs is 1. The number of hydrogen-bond acceptors (Lipinski definition) is 4. The van der Waals surface area contributed by atoms with Crippen LogP contribution in [0.15, 0.2) is 24.4 Å². The largest absolute Gasteiger partial charge is 0.381 e. The summed E-state index contributed by atoms with van der Waals surface area (Å²) in [6.45, 7) is 12.8. The van der Waals surface area contributed by atoms with E-state index in [2.05, 4.69) is 73.3 Å². The molecule has 2 aromatic heterocycles. The summed E-state index contributed by atoms with van der Waals surface area (Å²) in [6.07, 6.45) is 9.66. The highest BCUT2D eigenvalue weighted by molar-refractivity contribution is 7.12. The monoisotopic (exact) mass is 412 g/mol. The third-order valence-corrected chi connectivity index (χ3v) is 8.46. The summed E-state index contributed by atoms with van der Waals surface area (Å²) in [6, 6.07) is 6.88. The molecule has 0 spiro atoms. The number of aryl methyl sites for hydroxylation is 4. The fourth-order valence-corrected chi connectivity index (χ4v) is 6.30. The van der Waals surface area contributed by atoms with Crippen LogP contribution < -0.4 is 0 Å². The van der Waals surface area contributed by atoms with E-state index >= 15 is 0 Å². The molecule has 1 fully saturated rings. The Balaban J connectivity index is 1.47. The summed E-state index contributed by atoms with van der Waals surface area (Å²) in [5, 5.41) is 0. The Hall–Kier alpha value is -1.23. The van der Waals surface area contributed by atoms with Gasteiger partial charge in [-0.25, -0.2) is 0 Å². The lowest BCUT2D eigenvalue weighted by molar-refractivity contribution is 0.0386. The van der Waals surface area contributed by atoms with Gasteiger partial charge in [0.25, 0.3) is 0 Å². The number of likely N-dealkylation sites (tertiary alicyclic amines) is 1. The molecule has 0 radical (unpaired) electrons. The van der Waals surface area contributed by atoms with Crippen molar-refractivity contribution in [3.63, 3.8) is 0 Å². The Morgan fingerprint density at radius 3 is 2.86 bits per heavy atom. The molecular formula is C25H36N2OS. The van der Waals surface area contributed by atoms with Gasteiger partial charge in [0.2, 0.25) is 0 Å². The maximum Gasteiger partial charge on any atom is 0.0535 e. The Kier molecular flexibility index (Phi) is 6.15. The smallest absolute Gasteiger partial charge is 0.0535 e. The summed E-state index contributed by atoms with van der Waals surface area (Å²) in [5.41, 5.74) is 4.29. The molecule has 4 heteroatoms. The van der Waals surface area contributed by atoms with Gasteiger partial charge in [-0.2, -0.15) is 0 Å². The first-order chi connectivity index (χ1) is 13.9. The van der Waals surface area contributed by atoms with Crippen LogP contribution in [0.5, 0.6) is 0 Å². The molecule has 4 rings (SSSR count). The van der Waals surface area contributed by atoms with Gasteiger partial charge in [-0.3, -0.25) is 9.88 Å². The number of pyridine rings is 1. The Bertz CT molecular complexity index is 804. The van der Waals surface area contributed by atoms with E-state index in [-0.39, 0.29) is 11.0 Å². The maximum absolute atomic E-state index is 6.02. The normalized spacial score (nSPS) is 22.3. The van der Waals surface area contributed by atoms with E-state index in [0.717, 1.165) is 32.0 Å². The van der Waals surface area contributed by atoms with Gasteiger partial charge in [-0.1, -0.05) is 6.07 Å². The zero-order chi connectivity index (χ0) is 20.5. The van der Waals surface area contributed by atoms with Crippen LogP contribution in [-0.2, 0) is 29.5 Å². The number of ether oxygens (including phenoxy) is 1. The van der Waals surface area contributed by atoms with Crippen LogP contribution >= 0.6 is 11.3 Å². The van der Waals surface area contributed by atoms with Crippen LogP contribution in [0, 0.1) is 12.3 Å². The van der Waals surface area contributed by atoms with Gasteiger partial charge < -0.3 is 4.74 Å². The molecule has 2 aliphatic rings. The average molecular weight is 413 g/mol. The molecule has 0 saturated carbocycles. The van der Waals surface area contributed by atoms with Gasteiger partial charge in [0, 0.05) is 45.8 Å². The van der Waals surface area contributed by atoms with E-state index in [1.165, 1.54) is 44.1 Å². The highest BCUT2D eigenvalue weighted by atomic mass is 32.1. The van der Waals surface area contributed by atoms with Gasteiger partial charge in [0.05, 0.1) is 6.61 Å². The third-order valence-electron chi connectivity index (χ3n) is 7.16. The fraction of sp³-hybridized carbons (Fsp3) is 0.640. The summed E-state index contributed by atoms with van der Waals surface area (Å²) in [4.78, 5) is 10.5. The second kappa shape index (κ2) is 8.49. The molecule has 29 heavy (non-hydrogen) atoms. The summed E-state index contributed by atoms with van der Waals surface area (Å²) in [5.74, 6) is 0. The van der Waals surface area contributed by atoms with E-state index in [9.17, 15) is 0 Å². The van der Waals surface area contributed by atoms with Gasteiger partial charge >= 0.3 is 0 Å². The molecule has 0 amide bonds. The molecule has 1 aliphatic carbocycles. The second-order valence-electron chi connectivity index (χ2n) is 9.57. The lowest BCUT2D eigenvalue weighted by Crippen LogP contribution is -2.42.